The minimum Gasteiger partial charge on any atom is -0.334 e. The Morgan fingerprint density at radius 1 is 0.903 bits per heavy atom. The minimum absolute atomic E-state index is 0.164. The number of hydrogen-bond donors (Lipinski definition) is 1. The predicted molar refractivity (Wildman–Crippen MR) is 118 cm³/mol. The third kappa shape index (κ3) is 3.70. The number of carbonyl (C=O) groups excluding carboxylic acids is 1. The molecule has 5 heteroatoms. The second-order valence-electron chi connectivity index (χ2n) is 7.66. The predicted octanol–water partition coefficient (Wildman–Crippen LogP) is 5.43. The van der Waals surface area contributed by atoms with E-state index in [0.717, 1.165) is 28.1 Å². The largest absolute Gasteiger partial charge is 0.334 e. The van der Waals surface area contributed by atoms with E-state index in [2.05, 4.69) is 16.0 Å². The van der Waals surface area contributed by atoms with Gasteiger partial charge in [0, 0.05) is 18.4 Å². The van der Waals surface area contributed by atoms with E-state index in [1.807, 2.05) is 71.8 Å². The summed E-state index contributed by atoms with van der Waals surface area (Å²) in [5.74, 6) is -0.295. The molecule has 1 unspecified atom stereocenters. The molecule has 4 aromatic rings. The number of urea groups is 1. The maximum atomic E-state index is 13.7. The molecule has 1 atom stereocenters. The van der Waals surface area contributed by atoms with E-state index in [1.165, 1.54) is 12.1 Å². The van der Waals surface area contributed by atoms with E-state index >= 15 is 0 Å². The molecule has 0 aliphatic carbocycles. The lowest BCUT2D eigenvalue weighted by Gasteiger charge is -2.31. The maximum absolute atomic E-state index is 13.7. The Labute approximate surface area is 180 Å². The van der Waals surface area contributed by atoms with E-state index in [-0.39, 0.29) is 17.9 Å². The lowest BCUT2D eigenvalue weighted by atomic mass is 10.0. The summed E-state index contributed by atoms with van der Waals surface area (Å²) in [6, 6.07) is 27.8. The Hall–Kier alpha value is -3.86. The smallest absolute Gasteiger partial charge is 0.318 e. The molecule has 1 aliphatic rings. The first-order valence-electron chi connectivity index (χ1n) is 10.3. The van der Waals surface area contributed by atoms with Gasteiger partial charge in [0.1, 0.15) is 5.82 Å². The van der Waals surface area contributed by atoms with Crippen molar-refractivity contribution in [3.05, 3.63) is 125 Å². The van der Waals surface area contributed by atoms with Crippen molar-refractivity contribution in [2.24, 2.45) is 0 Å². The highest BCUT2D eigenvalue weighted by Gasteiger charge is 2.32. The molecular formula is C26H22FN3O. The highest BCUT2D eigenvalue weighted by molar-refractivity contribution is 5.76. The van der Waals surface area contributed by atoms with Gasteiger partial charge in [-0.1, -0.05) is 60.7 Å². The number of nitrogens with zero attached hydrogens (tertiary/aromatic N) is 2. The Morgan fingerprint density at radius 2 is 1.65 bits per heavy atom. The number of carbonyl (C=O) groups is 1. The van der Waals surface area contributed by atoms with Crippen molar-refractivity contribution in [1.29, 1.82) is 0 Å². The first-order valence-corrected chi connectivity index (χ1v) is 10.3. The molecule has 31 heavy (non-hydrogen) atoms. The molecule has 0 saturated carbocycles. The lowest BCUT2D eigenvalue weighted by molar-refractivity contribution is 0.180. The second kappa shape index (κ2) is 8.11. The van der Waals surface area contributed by atoms with Gasteiger partial charge in [-0.25, -0.2) is 9.18 Å². The molecule has 1 aromatic heterocycles. The van der Waals surface area contributed by atoms with Crippen LogP contribution in [0.2, 0.25) is 0 Å². The number of amides is 2. The van der Waals surface area contributed by atoms with Gasteiger partial charge in [-0.05, 0) is 47.0 Å². The Kier molecular flexibility index (Phi) is 5.00. The number of nitrogens with one attached hydrogen (secondary N) is 1. The van der Waals surface area contributed by atoms with Crippen LogP contribution in [-0.4, -0.2) is 15.5 Å². The number of hydrogen-bond acceptors (Lipinski definition) is 1. The first-order chi connectivity index (χ1) is 15.2. The van der Waals surface area contributed by atoms with Crippen molar-refractivity contribution in [2.75, 3.05) is 0 Å². The van der Waals surface area contributed by atoms with Crippen molar-refractivity contribution in [3.63, 3.8) is 0 Å². The topological polar surface area (TPSA) is 37.3 Å². The van der Waals surface area contributed by atoms with Gasteiger partial charge in [0.15, 0.2) is 0 Å². The molecule has 2 heterocycles. The summed E-state index contributed by atoms with van der Waals surface area (Å²) in [6.07, 6.45) is 2.01. The van der Waals surface area contributed by atoms with Crippen molar-refractivity contribution < 1.29 is 9.18 Å². The molecule has 0 fully saturated rings. The highest BCUT2D eigenvalue weighted by atomic mass is 19.1. The van der Waals surface area contributed by atoms with E-state index in [9.17, 15) is 9.18 Å². The molecule has 0 spiro atoms. The third-order valence-corrected chi connectivity index (χ3v) is 5.70. The number of fused-ring (bicyclic) bond motifs is 3. The summed E-state index contributed by atoms with van der Waals surface area (Å²) in [5, 5.41) is 3.07. The average molecular weight is 411 g/mol. The molecule has 5 rings (SSSR count). The molecule has 154 valence electrons. The monoisotopic (exact) mass is 411 g/mol. The van der Waals surface area contributed by atoms with Gasteiger partial charge in [-0.3, -0.25) is 0 Å². The molecule has 2 amide bonds. The molecule has 4 nitrogen and oxygen atoms in total. The fourth-order valence-corrected chi connectivity index (χ4v) is 4.21. The van der Waals surface area contributed by atoms with Gasteiger partial charge in [0.25, 0.3) is 0 Å². The van der Waals surface area contributed by atoms with Crippen LogP contribution in [0.15, 0.2) is 97.2 Å². The fraction of sp³-hybridized carbons (Fsp3) is 0.115. The van der Waals surface area contributed by atoms with Gasteiger partial charge in [0.05, 0.1) is 18.3 Å². The number of para-hydroxylation sites is 1. The fourth-order valence-electron chi connectivity index (χ4n) is 4.21. The normalized spacial score (nSPS) is 15.0. The van der Waals surface area contributed by atoms with Crippen LogP contribution in [0.3, 0.4) is 0 Å². The summed E-state index contributed by atoms with van der Waals surface area (Å²) in [5.41, 5.74) is 4.97. The number of halogens is 1. The van der Waals surface area contributed by atoms with Crippen LogP contribution in [0.25, 0.3) is 5.69 Å². The first kappa shape index (κ1) is 19.1. The molecule has 1 aliphatic heterocycles. The Bertz CT molecular complexity index is 1200. The highest BCUT2D eigenvalue weighted by Crippen LogP contribution is 2.36. The summed E-state index contributed by atoms with van der Waals surface area (Å²) >= 11 is 0. The van der Waals surface area contributed by atoms with Gasteiger partial charge in [-0.2, -0.15) is 0 Å². The summed E-state index contributed by atoms with van der Waals surface area (Å²) in [4.78, 5) is 15.3. The van der Waals surface area contributed by atoms with Gasteiger partial charge >= 0.3 is 6.03 Å². The molecule has 0 saturated heterocycles. The third-order valence-electron chi connectivity index (χ3n) is 5.70. The van der Waals surface area contributed by atoms with Crippen molar-refractivity contribution >= 4 is 6.03 Å². The van der Waals surface area contributed by atoms with Gasteiger partial charge in [-0.15, -0.1) is 0 Å². The molecule has 0 bridgehead atoms. The van der Waals surface area contributed by atoms with Gasteiger partial charge in [0.2, 0.25) is 0 Å². The van der Waals surface area contributed by atoms with Crippen LogP contribution >= 0.6 is 0 Å². The zero-order chi connectivity index (χ0) is 21.2. The summed E-state index contributed by atoms with van der Waals surface area (Å²) < 4.78 is 15.8. The lowest BCUT2D eigenvalue weighted by Crippen LogP contribution is -2.41. The molecule has 1 N–H and O–H groups in total. The standard InChI is InChI=1S/C26H22FN3O/c27-22-14-12-20(13-15-22)25-24-11-6-16-29(24)23-10-5-4-9-21(23)18-30(25)26(31)28-17-19-7-2-1-3-8-19/h1-16,25H,17-18H2,(H,28,31). The van der Waals surface area contributed by atoms with Crippen molar-refractivity contribution in [2.45, 2.75) is 19.1 Å². The number of aromatic nitrogens is 1. The van der Waals surface area contributed by atoms with Crippen molar-refractivity contribution in [3.8, 4) is 5.69 Å². The van der Waals surface area contributed by atoms with E-state index in [1.54, 1.807) is 12.1 Å². The zero-order valence-corrected chi connectivity index (χ0v) is 16.9. The van der Waals surface area contributed by atoms with Crippen LogP contribution in [0.1, 0.15) is 28.4 Å². The van der Waals surface area contributed by atoms with Gasteiger partial charge < -0.3 is 14.8 Å². The molecule has 3 aromatic carbocycles. The molecular weight excluding hydrogens is 389 g/mol. The molecule has 0 radical (unpaired) electrons. The minimum atomic E-state index is -0.348. The zero-order valence-electron chi connectivity index (χ0n) is 16.9. The summed E-state index contributed by atoms with van der Waals surface area (Å²) in [7, 11) is 0. The van der Waals surface area contributed by atoms with Crippen LogP contribution in [0.4, 0.5) is 9.18 Å². The average Bonchev–Trinajstić information content (AvgIpc) is 3.23. The van der Waals surface area contributed by atoms with Crippen LogP contribution in [0, 0.1) is 5.82 Å². The van der Waals surface area contributed by atoms with Crippen LogP contribution < -0.4 is 5.32 Å². The van der Waals surface area contributed by atoms with Crippen LogP contribution in [-0.2, 0) is 13.1 Å². The van der Waals surface area contributed by atoms with E-state index in [0.29, 0.717) is 13.1 Å². The SMILES string of the molecule is O=C(NCc1ccccc1)N1Cc2ccccc2-n2cccc2C1c1ccc(F)cc1. The van der Waals surface area contributed by atoms with E-state index < -0.39 is 0 Å². The van der Waals surface area contributed by atoms with Crippen LogP contribution in [0.5, 0.6) is 0 Å². The number of benzene rings is 3. The number of rotatable bonds is 3. The van der Waals surface area contributed by atoms with Crippen molar-refractivity contribution in [1.82, 2.24) is 14.8 Å². The second-order valence-corrected chi connectivity index (χ2v) is 7.66. The van der Waals surface area contributed by atoms with E-state index in [4.69, 9.17) is 0 Å². The quantitative estimate of drug-likeness (QED) is 0.479. The Morgan fingerprint density at radius 3 is 2.45 bits per heavy atom. The Balaban J connectivity index is 1.56. The maximum Gasteiger partial charge on any atom is 0.318 e. The summed E-state index contributed by atoms with van der Waals surface area (Å²) in [6.45, 7) is 0.884.